The minimum atomic E-state index is 0.0800. The van der Waals surface area contributed by atoms with Crippen LogP contribution in [-0.2, 0) is 20.0 Å². The van der Waals surface area contributed by atoms with Crippen molar-refractivity contribution in [2.24, 2.45) is 17.5 Å². The van der Waals surface area contributed by atoms with Crippen LogP contribution in [0.25, 0.3) is 0 Å². The van der Waals surface area contributed by atoms with E-state index in [-0.39, 0.29) is 5.41 Å². The van der Waals surface area contributed by atoms with E-state index in [4.69, 9.17) is 11.6 Å². The van der Waals surface area contributed by atoms with Crippen LogP contribution >= 0.6 is 11.6 Å². The van der Waals surface area contributed by atoms with Crippen molar-refractivity contribution in [3.63, 3.8) is 0 Å². The van der Waals surface area contributed by atoms with E-state index in [0.29, 0.717) is 6.54 Å². The number of benzene rings is 1. The molecule has 130 valence electrons. The SMILES string of the molecule is CN=C(NCc1cnn(C)c1)NCC(C)(C)Cc1cccc(Cl)c1. The highest BCUT2D eigenvalue weighted by Crippen LogP contribution is 2.22. The number of aromatic nitrogens is 2. The summed E-state index contributed by atoms with van der Waals surface area (Å²) in [6, 6.07) is 8.04. The molecule has 6 heteroatoms. The van der Waals surface area contributed by atoms with Gasteiger partial charge in [0, 0.05) is 44.0 Å². The van der Waals surface area contributed by atoms with Gasteiger partial charge in [0.25, 0.3) is 0 Å². The van der Waals surface area contributed by atoms with Gasteiger partial charge >= 0.3 is 0 Å². The molecule has 5 nitrogen and oxygen atoms in total. The van der Waals surface area contributed by atoms with Crippen LogP contribution < -0.4 is 10.6 Å². The number of nitrogens with one attached hydrogen (secondary N) is 2. The van der Waals surface area contributed by atoms with Crippen LogP contribution in [0.1, 0.15) is 25.0 Å². The summed E-state index contributed by atoms with van der Waals surface area (Å²) in [5.74, 6) is 0.790. The second kappa shape index (κ2) is 8.20. The van der Waals surface area contributed by atoms with E-state index in [1.54, 1.807) is 11.7 Å². The molecule has 0 radical (unpaired) electrons. The van der Waals surface area contributed by atoms with Crippen LogP contribution in [0.3, 0.4) is 0 Å². The molecule has 0 bridgehead atoms. The van der Waals surface area contributed by atoms with Crippen molar-refractivity contribution in [3.8, 4) is 0 Å². The Morgan fingerprint density at radius 1 is 1.29 bits per heavy atom. The van der Waals surface area contributed by atoms with Crippen molar-refractivity contribution in [1.29, 1.82) is 0 Å². The van der Waals surface area contributed by atoms with Crippen LogP contribution in [0.15, 0.2) is 41.7 Å². The van der Waals surface area contributed by atoms with Gasteiger partial charge in [-0.15, -0.1) is 0 Å². The first-order chi connectivity index (χ1) is 11.4. The fraction of sp³-hybridized carbons (Fsp3) is 0.444. The molecule has 2 N–H and O–H groups in total. The first kappa shape index (κ1) is 18.3. The van der Waals surface area contributed by atoms with Crippen LogP contribution in [0.4, 0.5) is 0 Å². The number of rotatable bonds is 6. The van der Waals surface area contributed by atoms with Crippen LogP contribution in [0, 0.1) is 5.41 Å². The van der Waals surface area contributed by atoms with Crippen LogP contribution in [-0.4, -0.2) is 29.3 Å². The fourth-order valence-corrected chi connectivity index (χ4v) is 2.77. The molecule has 1 heterocycles. The number of hydrogen-bond acceptors (Lipinski definition) is 2. The predicted molar refractivity (Wildman–Crippen MR) is 100 cm³/mol. The quantitative estimate of drug-likeness (QED) is 0.624. The van der Waals surface area contributed by atoms with Crippen molar-refractivity contribution in [2.45, 2.75) is 26.8 Å². The normalized spacial score (nSPS) is 12.3. The van der Waals surface area contributed by atoms with Crippen molar-refractivity contribution < 1.29 is 0 Å². The Hall–Kier alpha value is -2.01. The van der Waals surface area contributed by atoms with E-state index in [1.165, 1.54) is 5.56 Å². The smallest absolute Gasteiger partial charge is 0.191 e. The van der Waals surface area contributed by atoms with E-state index >= 15 is 0 Å². The van der Waals surface area contributed by atoms with Gasteiger partial charge in [0.1, 0.15) is 0 Å². The number of halogens is 1. The van der Waals surface area contributed by atoms with Crippen LogP contribution in [0.2, 0.25) is 5.02 Å². The first-order valence-corrected chi connectivity index (χ1v) is 8.42. The maximum atomic E-state index is 6.07. The van der Waals surface area contributed by atoms with E-state index in [1.807, 2.05) is 37.6 Å². The molecule has 2 rings (SSSR count). The molecule has 0 fully saturated rings. The molecule has 0 aliphatic rings. The summed E-state index contributed by atoms with van der Waals surface area (Å²) in [5.41, 5.74) is 2.45. The zero-order valence-electron chi connectivity index (χ0n) is 14.8. The van der Waals surface area contributed by atoms with Crippen molar-refractivity contribution in [3.05, 3.63) is 52.8 Å². The number of guanidine groups is 1. The lowest BCUT2D eigenvalue weighted by molar-refractivity contribution is 0.359. The monoisotopic (exact) mass is 347 g/mol. The minimum absolute atomic E-state index is 0.0800. The van der Waals surface area contributed by atoms with Gasteiger partial charge in [-0.1, -0.05) is 37.6 Å². The largest absolute Gasteiger partial charge is 0.356 e. The molecule has 0 unspecified atom stereocenters. The zero-order chi connectivity index (χ0) is 17.6. The lowest BCUT2D eigenvalue weighted by Gasteiger charge is -2.26. The first-order valence-electron chi connectivity index (χ1n) is 8.04. The average Bonchev–Trinajstić information content (AvgIpc) is 2.92. The molecule has 24 heavy (non-hydrogen) atoms. The van der Waals surface area contributed by atoms with Crippen molar-refractivity contribution >= 4 is 17.6 Å². The Balaban J connectivity index is 1.84. The third-order valence-electron chi connectivity index (χ3n) is 3.75. The molecule has 0 aliphatic heterocycles. The molecule has 0 atom stereocenters. The Bertz CT molecular complexity index is 690. The topological polar surface area (TPSA) is 54.2 Å². The summed E-state index contributed by atoms with van der Waals surface area (Å²) in [7, 11) is 3.69. The van der Waals surface area contributed by atoms with Gasteiger partial charge in [0.2, 0.25) is 0 Å². The molecule has 2 aromatic rings. The lowest BCUT2D eigenvalue weighted by atomic mass is 9.86. The molecule has 0 saturated heterocycles. The Morgan fingerprint density at radius 3 is 2.71 bits per heavy atom. The summed E-state index contributed by atoms with van der Waals surface area (Å²) in [5, 5.41) is 11.7. The highest BCUT2D eigenvalue weighted by molar-refractivity contribution is 6.30. The number of aryl methyl sites for hydroxylation is 1. The highest BCUT2D eigenvalue weighted by atomic mass is 35.5. The number of hydrogen-bond donors (Lipinski definition) is 2. The van der Waals surface area contributed by atoms with Crippen molar-refractivity contribution in [2.75, 3.05) is 13.6 Å². The zero-order valence-corrected chi connectivity index (χ0v) is 15.6. The molecular weight excluding hydrogens is 322 g/mol. The Kier molecular flexibility index (Phi) is 6.26. The fourth-order valence-electron chi connectivity index (χ4n) is 2.55. The summed E-state index contributed by atoms with van der Waals surface area (Å²) in [4.78, 5) is 4.28. The third kappa shape index (κ3) is 5.89. The van der Waals surface area contributed by atoms with E-state index in [0.717, 1.165) is 29.5 Å². The standard InChI is InChI=1S/C18H26ClN5/c1-18(2,9-14-6-5-7-16(19)8-14)13-22-17(20-3)21-10-15-11-23-24(4)12-15/h5-8,11-12H,9-10,13H2,1-4H3,(H2,20,21,22). The maximum Gasteiger partial charge on any atom is 0.191 e. The summed E-state index contributed by atoms with van der Waals surface area (Å²) < 4.78 is 1.79. The van der Waals surface area contributed by atoms with Crippen LogP contribution in [0.5, 0.6) is 0 Å². The molecule has 0 aliphatic carbocycles. The highest BCUT2D eigenvalue weighted by Gasteiger charge is 2.19. The molecule has 0 spiro atoms. The summed E-state index contributed by atoms with van der Waals surface area (Å²) in [6.07, 6.45) is 4.78. The molecule has 1 aromatic carbocycles. The van der Waals surface area contributed by atoms with Gasteiger partial charge in [-0.25, -0.2) is 0 Å². The predicted octanol–water partition coefficient (Wildman–Crippen LogP) is 3.01. The minimum Gasteiger partial charge on any atom is -0.356 e. The van der Waals surface area contributed by atoms with E-state index in [2.05, 4.69) is 40.6 Å². The second-order valence-electron chi connectivity index (χ2n) is 6.77. The Labute approximate surface area is 149 Å². The molecule has 1 aromatic heterocycles. The van der Waals surface area contributed by atoms with Gasteiger partial charge in [-0.05, 0) is 29.5 Å². The molecule has 0 amide bonds. The third-order valence-corrected chi connectivity index (χ3v) is 3.98. The lowest BCUT2D eigenvalue weighted by Crippen LogP contribution is -2.42. The van der Waals surface area contributed by atoms with Gasteiger partial charge < -0.3 is 10.6 Å². The number of nitrogens with zero attached hydrogens (tertiary/aromatic N) is 3. The molecular formula is C18H26ClN5. The van der Waals surface area contributed by atoms with Crippen molar-refractivity contribution in [1.82, 2.24) is 20.4 Å². The number of aliphatic imine (C=N–C) groups is 1. The van der Waals surface area contributed by atoms with E-state index in [9.17, 15) is 0 Å². The molecule has 0 saturated carbocycles. The van der Waals surface area contributed by atoms with Gasteiger partial charge in [0.05, 0.1) is 6.20 Å². The van der Waals surface area contributed by atoms with Gasteiger partial charge in [-0.3, -0.25) is 9.67 Å². The van der Waals surface area contributed by atoms with E-state index < -0.39 is 0 Å². The Morgan fingerprint density at radius 2 is 2.08 bits per heavy atom. The van der Waals surface area contributed by atoms with Gasteiger partial charge in [0.15, 0.2) is 5.96 Å². The average molecular weight is 348 g/mol. The van der Waals surface area contributed by atoms with Gasteiger partial charge in [-0.2, -0.15) is 5.10 Å². The second-order valence-corrected chi connectivity index (χ2v) is 7.21. The summed E-state index contributed by atoms with van der Waals surface area (Å²) in [6.45, 7) is 5.97. The summed E-state index contributed by atoms with van der Waals surface area (Å²) >= 11 is 6.07. The maximum absolute atomic E-state index is 6.07.